The Hall–Kier alpha value is -1.28. The van der Waals surface area contributed by atoms with Crippen molar-refractivity contribution in [3.63, 3.8) is 0 Å². The lowest BCUT2D eigenvalue weighted by molar-refractivity contribution is 0.603. The summed E-state index contributed by atoms with van der Waals surface area (Å²) in [6.45, 7) is 3.38. The zero-order valence-electron chi connectivity index (χ0n) is 9.72. The van der Waals surface area contributed by atoms with E-state index in [1.807, 2.05) is 6.20 Å². The summed E-state index contributed by atoms with van der Waals surface area (Å²) in [4.78, 5) is 3.29. The molecule has 1 aromatic heterocycles. The molecule has 2 nitrogen and oxygen atoms in total. The summed E-state index contributed by atoms with van der Waals surface area (Å²) in [5.74, 6) is 0. The molecular weight excluding hydrogens is 196 g/mol. The van der Waals surface area contributed by atoms with Crippen LogP contribution in [0.2, 0.25) is 0 Å². The fourth-order valence-electron chi connectivity index (χ4n) is 2.77. The van der Waals surface area contributed by atoms with Gasteiger partial charge in [-0.2, -0.15) is 0 Å². The number of fused-ring (bicyclic) bond motifs is 1. The van der Waals surface area contributed by atoms with Gasteiger partial charge in [-0.05, 0) is 61.4 Å². The van der Waals surface area contributed by atoms with Crippen molar-refractivity contribution in [1.82, 2.24) is 10.3 Å². The van der Waals surface area contributed by atoms with Gasteiger partial charge in [0.15, 0.2) is 0 Å². The minimum atomic E-state index is 0.691. The highest BCUT2D eigenvalue weighted by atomic mass is 14.9. The summed E-state index contributed by atoms with van der Waals surface area (Å²) >= 11 is 0. The van der Waals surface area contributed by atoms with E-state index in [-0.39, 0.29) is 0 Å². The Balaban J connectivity index is 1.91. The van der Waals surface area contributed by atoms with E-state index in [4.69, 9.17) is 0 Å². The first-order valence-corrected chi connectivity index (χ1v) is 6.13. The maximum absolute atomic E-state index is 3.56. The quantitative estimate of drug-likeness (QED) is 0.790. The number of aromatic amines is 1. The first-order chi connectivity index (χ1) is 7.83. The highest BCUT2D eigenvalue weighted by Gasteiger charge is 2.14. The molecular formula is C14H18N2. The molecule has 0 radical (unpaired) electrons. The summed E-state index contributed by atoms with van der Waals surface area (Å²) in [7, 11) is 0. The second-order valence-electron chi connectivity index (χ2n) is 4.85. The van der Waals surface area contributed by atoms with E-state index in [1.165, 1.54) is 47.8 Å². The second-order valence-corrected chi connectivity index (χ2v) is 4.85. The standard InChI is InChI=1S/C14H18N2/c1-10-7-11(9-13-3-2-5-15-13)8-12-4-6-16-14(10)12/h4,6-8,13,15-16H,2-3,5,9H2,1H3. The number of benzene rings is 1. The molecule has 16 heavy (non-hydrogen) atoms. The number of rotatable bonds is 2. The van der Waals surface area contributed by atoms with Crippen LogP contribution < -0.4 is 5.32 Å². The Labute approximate surface area is 96.1 Å². The van der Waals surface area contributed by atoms with Gasteiger partial charge in [0.2, 0.25) is 0 Å². The zero-order valence-corrected chi connectivity index (χ0v) is 9.72. The molecule has 1 aliphatic rings. The summed E-state index contributed by atoms with van der Waals surface area (Å²) < 4.78 is 0. The molecule has 2 heteroatoms. The highest BCUT2D eigenvalue weighted by Crippen LogP contribution is 2.21. The maximum atomic E-state index is 3.56. The fourth-order valence-corrected chi connectivity index (χ4v) is 2.77. The van der Waals surface area contributed by atoms with Crippen molar-refractivity contribution >= 4 is 10.9 Å². The van der Waals surface area contributed by atoms with Crippen LogP contribution in [0.3, 0.4) is 0 Å². The van der Waals surface area contributed by atoms with Gasteiger partial charge in [-0.15, -0.1) is 0 Å². The molecule has 2 heterocycles. The van der Waals surface area contributed by atoms with Gasteiger partial charge in [0.05, 0.1) is 0 Å². The molecule has 0 spiro atoms. The number of hydrogen-bond donors (Lipinski definition) is 2. The van der Waals surface area contributed by atoms with E-state index < -0.39 is 0 Å². The molecule has 1 atom stereocenters. The zero-order chi connectivity index (χ0) is 11.0. The van der Waals surface area contributed by atoms with Gasteiger partial charge in [0.25, 0.3) is 0 Å². The lowest BCUT2D eigenvalue weighted by atomic mass is 10.0. The maximum Gasteiger partial charge on any atom is 0.0483 e. The van der Waals surface area contributed by atoms with Crippen molar-refractivity contribution in [3.8, 4) is 0 Å². The minimum absolute atomic E-state index is 0.691. The van der Waals surface area contributed by atoms with Crippen molar-refractivity contribution < 1.29 is 0 Å². The highest BCUT2D eigenvalue weighted by molar-refractivity contribution is 5.83. The van der Waals surface area contributed by atoms with Gasteiger partial charge < -0.3 is 10.3 Å². The normalized spacial score (nSPS) is 20.7. The van der Waals surface area contributed by atoms with Crippen LogP contribution in [0, 0.1) is 6.92 Å². The monoisotopic (exact) mass is 214 g/mol. The van der Waals surface area contributed by atoms with E-state index in [0.717, 1.165) is 0 Å². The number of nitrogens with one attached hydrogen (secondary N) is 2. The van der Waals surface area contributed by atoms with E-state index in [2.05, 4.69) is 35.4 Å². The molecule has 1 aliphatic heterocycles. The number of H-pyrrole nitrogens is 1. The first-order valence-electron chi connectivity index (χ1n) is 6.13. The number of hydrogen-bond acceptors (Lipinski definition) is 1. The van der Waals surface area contributed by atoms with Crippen LogP contribution in [0.15, 0.2) is 24.4 Å². The lowest BCUT2D eigenvalue weighted by Crippen LogP contribution is -2.23. The van der Waals surface area contributed by atoms with Gasteiger partial charge in [0, 0.05) is 17.8 Å². The van der Waals surface area contributed by atoms with Gasteiger partial charge in [-0.3, -0.25) is 0 Å². The van der Waals surface area contributed by atoms with Crippen molar-refractivity contribution in [2.75, 3.05) is 6.54 Å². The molecule has 0 aliphatic carbocycles. The molecule has 3 rings (SSSR count). The van der Waals surface area contributed by atoms with Gasteiger partial charge in [-0.1, -0.05) is 6.07 Å². The van der Waals surface area contributed by atoms with Crippen molar-refractivity contribution in [2.45, 2.75) is 32.2 Å². The molecule has 1 saturated heterocycles. The predicted molar refractivity (Wildman–Crippen MR) is 67.8 cm³/mol. The molecule has 1 aromatic carbocycles. The van der Waals surface area contributed by atoms with Crippen LogP contribution in [0.4, 0.5) is 0 Å². The SMILES string of the molecule is Cc1cc(CC2CCCN2)cc2cc[nH]c12. The van der Waals surface area contributed by atoms with E-state index in [9.17, 15) is 0 Å². The predicted octanol–water partition coefficient (Wildman–Crippen LogP) is 2.77. The third kappa shape index (κ3) is 1.74. The number of aromatic nitrogens is 1. The Bertz CT molecular complexity index is 492. The lowest BCUT2D eigenvalue weighted by Gasteiger charge is -2.11. The van der Waals surface area contributed by atoms with Gasteiger partial charge in [0.1, 0.15) is 0 Å². The smallest absolute Gasteiger partial charge is 0.0483 e. The average molecular weight is 214 g/mol. The van der Waals surface area contributed by atoms with Crippen LogP contribution in [-0.2, 0) is 6.42 Å². The Morgan fingerprint density at radius 3 is 3.12 bits per heavy atom. The molecule has 1 fully saturated rings. The Morgan fingerprint density at radius 2 is 2.31 bits per heavy atom. The molecule has 1 unspecified atom stereocenters. The summed E-state index contributed by atoms with van der Waals surface area (Å²) in [6.07, 6.45) is 5.84. The molecule has 0 amide bonds. The van der Waals surface area contributed by atoms with Crippen LogP contribution in [0.5, 0.6) is 0 Å². The summed E-state index contributed by atoms with van der Waals surface area (Å²) in [5.41, 5.74) is 4.10. The van der Waals surface area contributed by atoms with Crippen LogP contribution in [0.25, 0.3) is 10.9 Å². The summed E-state index contributed by atoms with van der Waals surface area (Å²) in [5, 5.41) is 4.90. The van der Waals surface area contributed by atoms with Crippen LogP contribution in [0.1, 0.15) is 24.0 Å². The van der Waals surface area contributed by atoms with Crippen molar-refractivity contribution in [2.24, 2.45) is 0 Å². The average Bonchev–Trinajstić information content (AvgIpc) is 2.87. The van der Waals surface area contributed by atoms with Gasteiger partial charge in [-0.25, -0.2) is 0 Å². The number of aryl methyl sites for hydroxylation is 1. The third-order valence-corrected chi connectivity index (χ3v) is 3.56. The molecule has 0 bridgehead atoms. The first kappa shape index (κ1) is 9.91. The Kier molecular flexibility index (Phi) is 2.44. The van der Waals surface area contributed by atoms with Gasteiger partial charge >= 0.3 is 0 Å². The topological polar surface area (TPSA) is 27.8 Å². The molecule has 2 N–H and O–H groups in total. The largest absolute Gasteiger partial charge is 0.361 e. The second kappa shape index (κ2) is 3.95. The molecule has 0 saturated carbocycles. The molecule has 84 valence electrons. The third-order valence-electron chi connectivity index (χ3n) is 3.56. The van der Waals surface area contributed by atoms with Crippen molar-refractivity contribution in [3.05, 3.63) is 35.5 Å². The van der Waals surface area contributed by atoms with E-state index >= 15 is 0 Å². The van der Waals surface area contributed by atoms with Crippen molar-refractivity contribution in [1.29, 1.82) is 0 Å². The Morgan fingerprint density at radius 1 is 1.38 bits per heavy atom. The van der Waals surface area contributed by atoms with Crippen LogP contribution in [-0.4, -0.2) is 17.6 Å². The van der Waals surface area contributed by atoms with E-state index in [1.54, 1.807) is 0 Å². The van der Waals surface area contributed by atoms with Crippen LogP contribution >= 0.6 is 0 Å². The summed E-state index contributed by atoms with van der Waals surface area (Å²) in [6, 6.07) is 7.49. The minimum Gasteiger partial charge on any atom is -0.361 e. The van der Waals surface area contributed by atoms with E-state index in [0.29, 0.717) is 6.04 Å². The fraction of sp³-hybridized carbons (Fsp3) is 0.429. The molecule has 2 aromatic rings.